The number of hydrogen-bond donors (Lipinski definition) is 0. The number of rotatable bonds is 3. The normalized spacial score (nSPS) is 17.7. The maximum atomic E-state index is 14.1. The van der Waals surface area contributed by atoms with Crippen molar-refractivity contribution < 1.29 is 9.13 Å². The summed E-state index contributed by atoms with van der Waals surface area (Å²) in [5, 5.41) is 0. The van der Waals surface area contributed by atoms with Crippen molar-refractivity contribution in [3.05, 3.63) is 35.1 Å². The lowest BCUT2D eigenvalue weighted by molar-refractivity contribution is 0.0341. The SMILES string of the molecule is CC(C)(C)Cc1ccc(CN2CCOCC2)cc1F. The van der Waals surface area contributed by atoms with Gasteiger partial charge in [-0.2, -0.15) is 0 Å². The van der Waals surface area contributed by atoms with E-state index in [4.69, 9.17) is 4.74 Å². The highest BCUT2D eigenvalue weighted by Crippen LogP contribution is 2.23. The Morgan fingerprint density at radius 3 is 2.47 bits per heavy atom. The first kappa shape index (κ1) is 14.5. The molecule has 0 N–H and O–H groups in total. The Kier molecular flexibility index (Phi) is 4.58. The van der Waals surface area contributed by atoms with Crippen molar-refractivity contribution in [1.82, 2.24) is 4.90 Å². The molecule has 1 aromatic rings. The Balaban J connectivity index is 2.01. The number of benzene rings is 1. The van der Waals surface area contributed by atoms with Crippen molar-refractivity contribution in [1.29, 1.82) is 0 Å². The van der Waals surface area contributed by atoms with Gasteiger partial charge >= 0.3 is 0 Å². The molecule has 0 bridgehead atoms. The summed E-state index contributed by atoms with van der Waals surface area (Å²) in [5.41, 5.74) is 1.99. The third-order valence-electron chi connectivity index (χ3n) is 3.35. The average Bonchev–Trinajstić information content (AvgIpc) is 2.33. The van der Waals surface area contributed by atoms with Crippen LogP contribution in [-0.4, -0.2) is 31.2 Å². The van der Waals surface area contributed by atoms with Crippen molar-refractivity contribution in [3.63, 3.8) is 0 Å². The van der Waals surface area contributed by atoms with Crippen LogP contribution in [0, 0.1) is 11.2 Å². The first-order valence-corrected chi connectivity index (χ1v) is 7.01. The minimum absolute atomic E-state index is 0.0688. The van der Waals surface area contributed by atoms with E-state index in [1.807, 2.05) is 6.07 Å². The average molecular weight is 265 g/mol. The maximum Gasteiger partial charge on any atom is 0.126 e. The van der Waals surface area contributed by atoms with E-state index in [0.29, 0.717) is 0 Å². The van der Waals surface area contributed by atoms with Gasteiger partial charge in [-0.05, 0) is 29.0 Å². The lowest BCUT2D eigenvalue weighted by Gasteiger charge is -2.26. The van der Waals surface area contributed by atoms with Crippen LogP contribution in [0.3, 0.4) is 0 Å². The molecule has 2 nitrogen and oxygen atoms in total. The fourth-order valence-corrected chi connectivity index (χ4v) is 2.42. The van der Waals surface area contributed by atoms with Crippen molar-refractivity contribution in [2.75, 3.05) is 26.3 Å². The van der Waals surface area contributed by atoms with Gasteiger partial charge < -0.3 is 4.74 Å². The van der Waals surface area contributed by atoms with Crippen molar-refractivity contribution >= 4 is 0 Å². The molecule has 1 aromatic carbocycles. The van der Waals surface area contributed by atoms with Gasteiger partial charge in [0, 0.05) is 19.6 Å². The lowest BCUT2D eigenvalue weighted by Crippen LogP contribution is -2.35. The van der Waals surface area contributed by atoms with Gasteiger partial charge in [0.25, 0.3) is 0 Å². The molecule has 1 aliphatic rings. The second-order valence-electron chi connectivity index (χ2n) is 6.55. The highest BCUT2D eigenvalue weighted by atomic mass is 19.1. The van der Waals surface area contributed by atoms with E-state index in [2.05, 4.69) is 31.7 Å². The second-order valence-corrected chi connectivity index (χ2v) is 6.55. The Bertz CT molecular complexity index is 419. The van der Waals surface area contributed by atoms with Crippen LogP contribution in [-0.2, 0) is 17.7 Å². The van der Waals surface area contributed by atoms with Gasteiger partial charge in [-0.15, -0.1) is 0 Å². The molecule has 0 aromatic heterocycles. The van der Waals surface area contributed by atoms with Crippen LogP contribution in [0.25, 0.3) is 0 Å². The van der Waals surface area contributed by atoms with Gasteiger partial charge in [-0.1, -0.05) is 32.9 Å². The molecule has 19 heavy (non-hydrogen) atoms. The predicted octanol–water partition coefficient (Wildman–Crippen LogP) is 3.25. The largest absolute Gasteiger partial charge is 0.379 e. The number of nitrogens with zero attached hydrogens (tertiary/aromatic N) is 1. The second kappa shape index (κ2) is 6.02. The molecule has 0 spiro atoms. The molecule has 3 heteroatoms. The van der Waals surface area contributed by atoms with Crippen LogP contribution in [0.5, 0.6) is 0 Å². The van der Waals surface area contributed by atoms with Gasteiger partial charge in [0.1, 0.15) is 5.82 Å². The zero-order chi connectivity index (χ0) is 13.9. The fourth-order valence-electron chi connectivity index (χ4n) is 2.42. The van der Waals surface area contributed by atoms with E-state index >= 15 is 0 Å². The Hall–Kier alpha value is -0.930. The highest BCUT2D eigenvalue weighted by Gasteiger charge is 2.16. The molecule has 0 aliphatic carbocycles. The summed E-state index contributed by atoms with van der Waals surface area (Å²) in [5.74, 6) is -0.0688. The van der Waals surface area contributed by atoms with Crippen molar-refractivity contribution in [3.8, 4) is 0 Å². The molecule has 1 saturated heterocycles. The summed E-state index contributed by atoms with van der Waals surface area (Å²) >= 11 is 0. The van der Waals surface area contributed by atoms with Crippen molar-refractivity contribution in [2.24, 2.45) is 5.41 Å². The molecule has 2 rings (SSSR count). The van der Waals surface area contributed by atoms with Gasteiger partial charge in [-0.25, -0.2) is 4.39 Å². The molecule has 0 amide bonds. The highest BCUT2D eigenvalue weighted by molar-refractivity contribution is 5.25. The van der Waals surface area contributed by atoms with Gasteiger partial charge in [0.05, 0.1) is 13.2 Å². The van der Waals surface area contributed by atoms with Gasteiger partial charge in [0.2, 0.25) is 0 Å². The molecule has 0 atom stereocenters. The first-order valence-electron chi connectivity index (χ1n) is 7.01. The Morgan fingerprint density at radius 1 is 1.21 bits per heavy atom. The van der Waals surface area contributed by atoms with E-state index in [-0.39, 0.29) is 11.2 Å². The summed E-state index contributed by atoms with van der Waals surface area (Å²) in [6.45, 7) is 10.7. The maximum absolute atomic E-state index is 14.1. The number of morpholine rings is 1. The molecular formula is C16H24FNO. The van der Waals surface area contributed by atoms with Crippen LogP contribution >= 0.6 is 0 Å². The topological polar surface area (TPSA) is 12.5 Å². The molecule has 0 saturated carbocycles. The van der Waals surface area contributed by atoms with Crippen LogP contribution < -0.4 is 0 Å². The lowest BCUT2D eigenvalue weighted by atomic mass is 9.87. The number of hydrogen-bond acceptors (Lipinski definition) is 2. The molecule has 1 fully saturated rings. The molecule has 1 aliphatic heterocycles. The number of ether oxygens (including phenoxy) is 1. The van der Waals surface area contributed by atoms with E-state index in [1.54, 1.807) is 6.07 Å². The molecule has 106 valence electrons. The minimum Gasteiger partial charge on any atom is -0.379 e. The Labute approximate surface area is 115 Å². The summed E-state index contributed by atoms with van der Waals surface area (Å²) in [6, 6.07) is 5.69. The molecule has 0 unspecified atom stereocenters. The molecular weight excluding hydrogens is 241 g/mol. The molecule has 0 radical (unpaired) electrons. The summed E-state index contributed by atoms with van der Waals surface area (Å²) in [4.78, 5) is 2.31. The third kappa shape index (κ3) is 4.59. The standard InChI is InChI=1S/C16H24FNO/c1-16(2,3)11-14-5-4-13(10-15(14)17)12-18-6-8-19-9-7-18/h4-5,10H,6-9,11-12H2,1-3H3. The Morgan fingerprint density at radius 2 is 1.89 bits per heavy atom. The number of halogens is 1. The van der Waals surface area contributed by atoms with Crippen LogP contribution in [0.1, 0.15) is 31.9 Å². The van der Waals surface area contributed by atoms with E-state index < -0.39 is 0 Å². The predicted molar refractivity (Wildman–Crippen MR) is 75.7 cm³/mol. The summed E-state index contributed by atoms with van der Waals surface area (Å²) in [7, 11) is 0. The van der Waals surface area contributed by atoms with E-state index in [9.17, 15) is 4.39 Å². The molecule has 1 heterocycles. The third-order valence-corrected chi connectivity index (χ3v) is 3.35. The van der Waals surface area contributed by atoms with E-state index in [0.717, 1.165) is 50.4 Å². The fraction of sp³-hybridized carbons (Fsp3) is 0.625. The zero-order valence-electron chi connectivity index (χ0n) is 12.2. The first-order chi connectivity index (χ1) is 8.94. The monoisotopic (exact) mass is 265 g/mol. The van der Waals surface area contributed by atoms with Gasteiger partial charge in [-0.3, -0.25) is 4.90 Å². The van der Waals surface area contributed by atoms with Gasteiger partial charge in [0.15, 0.2) is 0 Å². The van der Waals surface area contributed by atoms with Crippen LogP contribution in [0.15, 0.2) is 18.2 Å². The minimum atomic E-state index is -0.0688. The summed E-state index contributed by atoms with van der Waals surface area (Å²) < 4.78 is 19.4. The summed E-state index contributed by atoms with van der Waals surface area (Å²) in [6.07, 6.45) is 0.774. The zero-order valence-corrected chi connectivity index (χ0v) is 12.2. The smallest absolute Gasteiger partial charge is 0.126 e. The van der Waals surface area contributed by atoms with E-state index in [1.165, 1.54) is 0 Å². The van der Waals surface area contributed by atoms with Crippen LogP contribution in [0.4, 0.5) is 4.39 Å². The quantitative estimate of drug-likeness (QED) is 0.832. The van der Waals surface area contributed by atoms with Crippen molar-refractivity contribution in [2.45, 2.75) is 33.7 Å². The van der Waals surface area contributed by atoms with Crippen LogP contribution in [0.2, 0.25) is 0 Å².